The molecule has 0 unspecified atom stereocenters. The van der Waals surface area contributed by atoms with E-state index in [4.69, 9.17) is 4.74 Å². The minimum Gasteiger partial charge on any atom is -0.362 e. The van der Waals surface area contributed by atoms with Crippen molar-refractivity contribution in [2.75, 3.05) is 6.61 Å². The first-order chi connectivity index (χ1) is 11.1. The Balaban J connectivity index is 1.95. The van der Waals surface area contributed by atoms with Crippen molar-refractivity contribution in [2.24, 2.45) is 0 Å². The molecule has 1 fully saturated rings. The Kier molecular flexibility index (Phi) is 3.74. The fourth-order valence-corrected chi connectivity index (χ4v) is 2.65. The van der Waals surface area contributed by atoms with Crippen LogP contribution in [0.2, 0.25) is 0 Å². The fourth-order valence-electron chi connectivity index (χ4n) is 2.65. The molecule has 24 heavy (non-hydrogen) atoms. The molecule has 0 N–H and O–H groups in total. The molecule has 1 saturated heterocycles. The van der Waals surface area contributed by atoms with Gasteiger partial charge in [-0.15, -0.1) is 0 Å². The third-order valence-corrected chi connectivity index (χ3v) is 3.99. The van der Waals surface area contributed by atoms with Gasteiger partial charge in [0.2, 0.25) is 0 Å². The second kappa shape index (κ2) is 5.40. The average molecular weight is 349 g/mol. The summed E-state index contributed by atoms with van der Waals surface area (Å²) in [5, 5.41) is 3.67. The first-order valence-electron chi connectivity index (χ1n) is 6.94. The Morgan fingerprint density at radius 2 is 2.04 bits per heavy atom. The van der Waals surface area contributed by atoms with E-state index in [1.165, 1.54) is 13.0 Å². The van der Waals surface area contributed by atoms with Gasteiger partial charge in [0.25, 0.3) is 0 Å². The molecule has 0 aliphatic carbocycles. The summed E-state index contributed by atoms with van der Waals surface area (Å²) in [6.45, 7) is 0.0364. The lowest BCUT2D eigenvalue weighted by atomic mass is 9.92. The Morgan fingerprint density at radius 3 is 2.58 bits per heavy atom. The summed E-state index contributed by atoms with van der Waals surface area (Å²) in [4.78, 5) is 12.1. The van der Waals surface area contributed by atoms with Gasteiger partial charge in [-0.2, -0.15) is 18.3 Å². The van der Waals surface area contributed by atoms with E-state index < -0.39 is 41.7 Å². The molecular formula is C14H12F5N3O2. The van der Waals surface area contributed by atoms with Gasteiger partial charge in [0, 0.05) is 11.6 Å². The summed E-state index contributed by atoms with van der Waals surface area (Å²) in [5.41, 5.74) is -2.23. The minimum absolute atomic E-state index is 0.0219. The number of benzene rings is 1. The van der Waals surface area contributed by atoms with Crippen molar-refractivity contribution in [3.63, 3.8) is 0 Å². The highest BCUT2D eigenvalue weighted by Gasteiger charge is 2.54. The summed E-state index contributed by atoms with van der Waals surface area (Å²) >= 11 is 0. The van der Waals surface area contributed by atoms with E-state index in [0.717, 1.165) is 17.1 Å². The Labute approximate surface area is 132 Å². The molecule has 1 aromatic heterocycles. The maximum Gasteiger partial charge on any atom is 0.406 e. The van der Waals surface area contributed by atoms with Gasteiger partial charge in [-0.3, -0.25) is 4.57 Å². The summed E-state index contributed by atoms with van der Waals surface area (Å²) in [5.74, 6) is -1.63. The van der Waals surface area contributed by atoms with Crippen molar-refractivity contribution in [3.05, 3.63) is 52.2 Å². The van der Waals surface area contributed by atoms with Crippen molar-refractivity contribution < 1.29 is 26.7 Å². The number of hydrogen-bond donors (Lipinski definition) is 0. The van der Waals surface area contributed by atoms with Crippen LogP contribution >= 0.6 is 0 Å². The average Bonchev–Trinajstić information content (AvgIpc) is 3.19. The molecule has 2 atom stereocenters. The highest BCUT2D eigenvalue weighted by atomic mass is 19.4. The van der Waals surface area contributed by atoms with Crippen LogP contribution in [0.25, 0.3) is 0 Å². The molecule has 2 aromatic rings. The molecule has 1 aliphatic rings. The second-order valence-corrected chi connectivity index (χ2v) is 5.58. The van der Waals surface area contributed by atoms with Gasteiger partial charge in [0.15, 0.2) is 0 Å². The van der Waals surface area contributed by atoms with Crippen molar-refractivity contribution in [3.8, 4) is 0 Å². The molecule has 10 heteroatoms. The standard InChI is InChI=1S/C14H12F5N3O2/c1-8(22-12(23)21(7-20-22)5-14(17,18)19)13(6-24-13)10-3-2-9(15)4-11(10)16/h2-4,7-8H,5-6H2,1H3/t8-,13+/m1/s1. The van der Waals surface area contributed by atoms with Crippen molar-refractivity contribution in [1.82, 2.24) is 14.3 Å². The van der Waals surface area contributed by atoms with Crippen molar-refractivity contribution in [2.45, 2.75) is 31.3 Å². The third kappa shape index (κ3) is 2.81. The Morgan fingerprint density at radius 1 is 1.38 bits per heavy atom. The van der Waals surface area contributed by atoms with Gasteiger partial charge >= 0.3 is 11.9 Å². The number of aromatic nitrogens is 3. The van der Waals surface area contributed by atoms with E-state index in [2.05, 4.69) is 5.10 Å². The Hall–Kier alpha value is -2.23. The second-order valence-electron chi connectivity index (χ2n) is 5.58. The number of ether oxygens (including phenoxy) is 1. The van der Waals surface area contributed by atoms with Crippen LogP contribution in [0.4, 0.5) is 22.0 Å². The zero-order chi connectivity index (χ0) is 17.7. The Bertz CT molecular complexity index is 823. The topological polar surface area (TPSA) is 52.4 Å². The van der Waals surface area contributed by atoms with Gasteiger partial charge in [0.05, 0.1) is 12.6 Å². The zero-order valence-electron chi connectivity index (χ0n) is 12.3. The van der Waals surface area contributed by atoms with E-state index >= 15 is 0 Å². The lowest BCUT2D eigenvalue weighted by Gasteiger charge is -2.20. The van der Waals surface area contributed by atoms with Gasteiger partial charge < -0.3 is 4.74 Å². The van der Waals surface area contributed by atoms with Crippen molar-refractivity contribution in [1.29, 1.82) is 0 Å². The molecule has 1 aromatic carbocycles. The predicted octanol–water partition coefficient (Wildman–Crippen LogP) is 2.37. The third-order valence-electron chi connectivity index (χ3n) is 3.99. The lowest BCUT2D eigenvalue weighted by Crippen LogP contribution is -2.35. The fraction of sp³-hybridized carbons (Fsp3) is 0.429. The number of halogens is 5. The number of hydrogen-bond acceptors (Lipinski definition) is 3. The van der Waals surface area contributed by atoms with Gasteiger partial charge in [-0.05, 0) is 13.0 Å². The van der Waals surface area contributed by atoms with Gasteiger partial charge in [-0.1, -0.05) is 6.07 Å². The van der Waals surface area contributed by atoms with Crippen LogP contribution < -0.4 is 5.69 Å². The van der Waals surface area contributed by atoms with E-state index in [0.29, 0.717) is 10.6 Å². The number of rotatable bonds is 4. The first-order valence-corrected chi connectivity index (χ1v) is 6.94. The van der Waals surface area contributed by atoms with Crippen LogP contribution in [-0.4, -0.2) is 27.1 Å². The number of nitrogens with zero attached hydrogens (tertiary/aromatic N) is 3. The predicted molar refractivity (Wildman–Crippen MR) is 71.2 cm³/mol. The summed E-state index contributed by atoms with van der Waals surface area (Å²) in [7, 11) is 0. The molecule has 0 bridgehead atoms. The molecule has 1 aliphatic heterocycles. The monoisotopic (exact) mass is 349 g/mol. The molecule has 0 saturated carbocycles. The van der Waals surface area contributed by atoms with E-state index in [9.17, 15) is 26.7 Å². The van der Waals surface area contributed by atoms with Crippen molar-refractivity contribution >= 4 is 0 Å². The quantitative estimate of drug-likeness (QED) is 0.629. The molecule has 130 valence electrons. The minimum atomic E-state index is -4.57. The molecule has 2 heterocycles. The van der Waals surface area contributed by atoms with E-state index in [1.807, 2.05) is 0 Å². The largest absolute Gasteiger partial charge is 0.406 e. The van der Waals surface area contributed by atoms with Crippen LogP contribution in [0.5, 0.6) is 0 Å². The maximum absolute atomic E-state index is 14.0. The highest BCUT2D eigenvalue weighted by molar-refractivity contribution is 5.30. The van der Waals surface area contributed by atoms with Crippen LogP contribution in [0.15, 0.2) is 29.3 Å². The van der Waals surface area contributed by atoms with Crippen LogP contribution in [0, 0.1) is 11.6 Å². The lowest BCUT2D eigenvalue weighted by molar-refractivity contribution is -0.141. The molecule has 0 amide bonds. The van der Waals surface area contributed by atoms with Crippen LogP contribution in [0.3, 0.4) is 0 Å². The maximum atomic E-state index is 14.0. The normalized spacial score (nSPS) is 21.8. The number of epoxide rings is 1. The molecule has 3 rings (SSSR count). The van der Waals surface area contributed by atoms with E-state index in [-0.39, 0.29) is 12.2 Å². The van der Waals surface area contributed by atoms with Gasteiger partial charge in [0.1, 0.15) is 30.1 Å². The van der Waals surface area contributed by atoms with E-state index in [1.54, 1.807) is 0 Å². The SMILES string of the molecule is C[C@@H](n1ncn(CC(F)(F)F)c1=O)[C@]1(c2ccc(F)cc2F)CO1. The summed E-state index contributed by atoms with van der Waals surface area (Å²) in [6, 6.07) is 2.03. The molecule has 5 nitrogen and oxygen atoms in total. The highest BCUT2D eigenvalue weighted by Crippen LogP contribution is 2.48. The summed E-state index contributed by atoms with van der Waals surface area (Å²) in [6.07, 6.45) is -3.80. The summed E-state index contributed by atoms with van der Waals surface area (Å²) < 4.78 is 70.8. The number of alkyl halides is 3. The molecule has 0 spiro atoms. The van der Waals surface area contributed by atoms with Crippen LogP contribution in [0.1, 0.15) is 18.5 Å². The molecular weight excluding hydrogens is 337 g/mol. The smallest absolute Gasteiger partial charge is 0.362 e. The first kappa shape index (κ1) is 16.6. The van der Waals surface area contributed by atoms with Crippen LogP contribution in [-0.2, 0) is 16.9 Å². The van der Waals surface area contributed by atoms with Gasteiger partial charge in [-0.25, -0.2) is 18.3 Å². The zero-order valence-corrected chi connectivity index (χ0v) is 12.3. The molecule has 0 radical (unpaired) electrons.